The Morgan fingerprint density at radius 2 is 2.08 bits per heavy atom. The lowest BCUT2D eigenvalue weighted by molar-refractivity contribution is -0.517. The number of nitroso groups, excluding NO2 is 1. The molecule has 4 heteroatoms. The topological polar surface area (TPSA) is 49.2 Å². The number of carbonyl (C=O) groups is 1. The van der Waals surface area contributed by atoms with Gasteiger partial charge in [-0.3, -0.25) is 4.79 Å². The molecule has 1 aromatic carbocycles. The third kappa shape index (κ3) is 0.972. The van der Waals surface area contributed by atoms with E-state index in [2.05, 4.69) is 5.43 Å². The molecule has 0 fully saturated rings. The first kappa shape index (κ1) is 6.97. The van der Waals surface area contributed by atoms with E-state index in [1.807, 2.05) is 6.07 Å². The molecule has 1 amide bonds. The predicted molar refractivity (Wildman–Crippen MR) is 41.6 cm³/mol. The average Bonchev–Trinajstić information content (AvgIpc) is 2.04. The van der Waals surface area contributed by atoms with Crippen molar-refractivity contribution in [3.05, 3.63) is 34.7 Å². The molecule has 1 aliphatic heterocycles. The first-order valence-corrected chi connectivity index (χ1v) is 3.62. The van der Waals surface area contributed by atoms with Gasteiger partial charge in [0.05, 0.1) is 11.3 Å². The van der Waals surface area contributed by atoms with Crippen LogP contribution in [0, 0.1) is 4.91 Å². The molecule has 1 heterocycles. The molecular weight excluding hydrogens is 156 g/mol. The van der Waals surface area contributed by atoms with Crippen LogP contribution >= 0.6 is 0 Å². The van der Waals surface area contributed by atoms with Gasteiger partial charge >= 0.3 is 0 Å². The maximum atomic E-state index is 11.1. The molecular formula is C8H7N2O2+. The van der Waals surface area contributed by atoms with Crippen LogP contribution in [0.1, 0.15) is 5.56 Å². The molecule has 2 rings (SSSR count). The third-order valence-electron chi connectivity index (χ3n) is 1.79. The highest BCUT2D eigenvalue weighted by Gasteiger charge is 2.28. The lowest BCUT2D eigenvalue weighted by Crippen LogP contribution is -2.35. The van der Waals surface area contributed by atoms with Crippen molar-refractivity contribution in [1.82, 2.24) is 5.43 Å². The second-order valence-electron chi connectivity index (χ2n) is 2.63. The lowest BCUT2D eigenvalue weighted by Gasteiger charge is -2.05. The van der Waals surface area contributed by atoms with Crippen LogP contribution in [0.3, 0.4) is 0 Å². The SMILES string of the molecule is O=C1Cc2ccccc2[N+](=O)N1. The molecule has 0 aliphatic carbocycles. The van der Waals surface area contributed by atoms with Crippen LogP contribution < -0.4 is 5.43 Å². The maximum Gasteiger partial charge on any atom is 0.296 e. The van der Waals surface area contributed by atoms with Crippen LogP contribution in [-0.4, -0.2) is 10.8 Å². The highest BCUT2D eigenvalue weighted by molar-refractivity contribution is 5.80. The number of benzene rings is 1. The van der Waals surface area contributed by atoms with Crippen molar-refractivity contribution in [2.24, 2.45) is 0 Å². The van der Waals surface area contributed by atoms with Crippen molar-refractivity contribution in [3.8, 4) is 0 Å². The van der Waals surface area contributed by atoms with Crippen molar-refractivity contribution >= 4 is 11.6 Å². The van der Waals surface area contributed by atoms with Gasteiger partial charge in [0.15, 0.2) is 4.87 Å². The Morgan fingerprint density at radius 3 is 2.92 bits per heavy atom. The van der Waals surface area contributed by atoms with Gasteiger partial charge in [0.25, 0.3) is 11.6 Å². The molecule has 0 saturated carbocycles. The van der Waals surface area contributed by atoms with E-state index in [1.54, 1.807) is 18.2 Å². The van der Waals surface area contributed by atoms with E-state index >= 15 is 0 Å². The molecule has 0 aromatic heterocycles. The molecule has 0 unspecified atom stereocenters. The minimum Gasteiger partial charge on any atom is -0.269 e. The van der Waals surface area contributed by atoms with Crippen molar-refractivity contribution in [2.75, 3.05) is 0 Å². The van der Waals surface area contributed by atoms with Gasteiger partial charge in [-0.1, -0.05) is 23.6 Å². The monoisotopic (exact) mass is 163 g/mol. The summed E-state index contributed by atoms with van der Waals surface area (Å²) >= 11 is 0. The molecule has 0 saturated heterocycles. The van der Waals surface area contributed by atoms with Crippen LogP contribution in [0.4, 0.5) is 5.69 Å². The number of nitrogens with zero attached hydrogens (tertiary/aromatic N) is 1. The average molecular weight is 163 g/mol. The van der Waals surface area contributed by atoms with Crippen LogP contribution in [0.2, 0.25) is 0 Å². The van der Waals surface area contributed by atoms with E-state index in [4.69, 9.17) is 0 Å². The Bertz CT molecular complexity index is 360. The summed E-state index contributed by atoms with van der Waals surface area (Å²) in [7, 11) is 0. The zero-order valence-electron chi connectivity index (χ0n) is 6.28. The van der Waals surface area contributed by atoms with Gasteiger partial charge in [-0.2, -0.15) is 0 Å². The molecule has 12 heavy (non-hydrogen) atoms. The fourth-order valence-corrected chi connectivity index (χ4v) is 1.24. The summed E-state index contributed by atoms with van der Waals surface area (Å²) in [6, 6.07) is 7.03. The number of nitrogens with one attached hydrogen (secondary N) is 1. The predicted octanol–water partition coefficient (Wildman–Crippen LogP) is 0.684. The molecule has 1 N–H and O–H groups in total. The Hall–Kier alpha value is -1.71. The van der Waals surface area contributed by atoms with Crippen molar-refractivity contribution in [1.29, 1.82) is 0 Å². The molecule has 1 aliphatic rings. The Kier molecular flexibility index (Phi) is 1.40. The zero-order chi connectivity index (χ0) is 8.55. The minimum atomic E-state index is -0.260. The summed E-state index contributed by atoms with van der Waals surface area (Å²) in [4.78, 5) is 22.5. The normalized spacial score (nSPS) is 15.3. The van der Waals surface area contributed by atoms with Gasteiger partial charge in [0.2, 0.25) is 0 Å². The summed E-state index contributed by atoms with van der Waals surface area (Å²) in [5.74, 6) is -0.260. The van der Waals surface area contributed by atoms with Crippen molar-refractivity contribution in [2.45, 2.75) is 6.42 Å². The number of hydrogen-bond donors (Lipinski definition) is 1. The molecule has 4 nitrogen and oxygen atoms in total. The van der Waals surface area contributed by atoms with Crippen LogP contribution in [0.25, 0.3) is 0 Å². The van der Waals surface area contributed by atoms with Gasteiger partial charge in [0, 0.05) is 11.6 Å². The van der Waals surface area contributed by atoms with E-state index < -0.39 is 0 Å². The number of amides is 1. The number of carbonyl (C=O) groups excluding carboxylic acids is 1. The van der Waals surface area contributed by atoms with Gasteiger partial charge in [-0.15, -0.1) is 0 Å². The quantitative estimate of drug-likeness (QED) is 0.572. The zero-order valence-corrected chi connectivity index (χ0v) is 6.28. The van der Waals surface area contributed by atoms with E-state index in [1.165, 1.54) is 0 Å². The molecule has 0 radical (unpaired) electrons. The van der Waals surface area contributed by atoms with Crippen LogP contribution in [0.15, 0.2) is 24.3 Å². The number of para-hydroxylation sites is 1. The molecule has 60 valence electrons. The summed E-state index contributed by atoms with van der Waals surface area (Å²) in [5, 5.41) is 0. The number of fused-ring (bicyclic) bond motifs is 1. The lowest BCUT2D eigenvalue weighted by atomic mass is 10.1. The van der Waals surface area contributed by atoms with E-state index in [-0.39, 0.29) is 12.3 Å². The third-order valence-corrected chi connectivity index (χ3v) is 1.79. The molecule has 0 spiro atoms. The fourth-order valence-electron chi connectivity index (χ4n) is 1.24. The summed E-state index contributed by atoms with van der Waals surface area (Å²) in [6.45, 7) is 0. The summed E-state index contributed by atoms with van der Waals surface area (Å²) < 4.78 is 0. The first-order valence-electron chi connectivity index (χ1n) is 3.62. The van der Waals surface area contributed by atoms with E-state index in [0.29, 0.717) is 10.6 Å². The van der Waals surface area contributed by atoms with Gasteiger partial charge < -0.3 is 0 Å². The summed E-state index contributed by atoms with van der Waals surface area (Å²) in [5.41, 5.74) is 3.47. The minimum absolute atomic E-state index is 0.260. The van der Waals surface area contributed by atoms with Crippen molar-refractivity contribution in [3.63, 3.8) is 0 Å². The molecule has 0 bridgehead atoms. The maximum absolute atomic E-state index is 11.1. The smallest absolute Gasteiger partial charge is 0.269 e. The fraction of sp³-hybridized carbons (Fsp3) is 0.125. The highest BCUT2D eigenvalue weighted by Crippen LogP contribution is 2.20. The van der Waals surface area contributed by atoms with Gasteiger partial charge in [0.1, 0.15) is 0 Å². The largest absolute Gasteiger partial charge is 0.296 e. The Labute approximate surface area is 68.7 Å². The van der Waals surface area contributed by atoms with Crippen molar-refractivity contribution < 1.29 is 9.66 Å². The van der Waals surface area contributed by atoms with Crippen LogP contribution in [-0.2, 0) is 11.2 Å². The van der Waals surface area contributed by atoms with E-state index in [0.717, 1.165) is 5.56 Å². The first-order chi connectivity index (χ1) is 5.77. The number of hydrazine groups is 1. The molecule has 0 atom stereocenters. The standard InChI is InChI=1S/C8H6N2O2/c11-8-5-6-3-1-2-4-7(6)10(12)9-8/h1-4H,5H2/p+1. The highest BCUT2D eigenvalue weighted by atomic mass is 16.3. The van der Waals surface area contributed by atoms with Crippen LogP contribution in [0.5, 0.6) is 0 Å². The Morgan fingerprint density at radius 1 is 1.33 bits per heavy atom. The van der Waals surface area contributed by atoms with Gasteiger partial charge in [-0.25, -0.2) is 0 Å². The Balaban J connectivity index is 2.54. The molecule has 1 aromatic rings. The van der Waals surface area contributed by atoms with Gasteiger partial charge in [-0.05, 0) is 0 Å². The number of hydrogen-bond acceptors (Lipinski definition) is 2. The van der Waals surface area contributed by atoms with E-state index in [9.17, 15) is 9.70 Å². The summed E-state index contributed by atoms with van der Waals surface area (Å²) in [6.07, 6.45) is 0.287. The second-order valence-corrected chi connectivity index (χ2v) is 2.63. The second kappa shape index (κ2) is 2.41. The number of rotatable bonds is 0.